The van der Waals surface area contributed by atoms with E-state index in [1.54, 1.807) is 5.32 Å². The van der Waals surface area contributed by atoms with E-state index < -0.39 is 23.2 Å². The molecule has 3 amide bonds. The number of hydrogen-bond donors (Lipinski definition) is 2. The van der Waals surface area contributed by atoms with Crippen LogP contribution in [0, 0.1) is 17.7 Å². The second-order valence-electron chi connectivity index (χ2n) is 6.86. The summed E-state index contributed by atoms with van der Waals surface area (Å²) in [6.07, 6.45) is 0. The predicted molar refractivity (Wildman–Crippen MR) is 83.7 cm³/mol. The predicted octanol–water partition coefficient (Wildman–Crippen LogP) is -0.814. The summed E-state index contributed by atoms with van der Waals surface area (Å²) in [6, 6.07) is 3.77. The molecule has 1 spiro atoms. The van der Waals surface area contributed by atoms with E-state index in [0.717, 1.165) is 0 Å². The van der Waals surface area contributed by atoms with Crippen LogP contribution in [0.4, 0.5) is 10.1 Å². The highest BCUT2D eigenvalue weighted by atomic mass is 19.1. The van der Waals surface area contributed by atoms with Crippen molar-refractivity contribution in [3.8, 4) is 0 Å². The standard InChI is InChI=1S/C17H18FN3O4/c1-8-12-13(15(23)21(14(12)22)5-6-25-2)17(20-8)10-7-9(18)3-4-11(10)19-16(17)24/h3-4,7-8,12-13,20H,5-6H2,1-2H3,(H,19,24)/p+1/t8-,12+,13-,17+/m0/s1. The average molecular weight is 348 g/mol. The van der Waals surface area contributed by atoms with Gasteiger partial charge in [0.1, 0.15) is 17.7 Å². The monoisotopic (exact) mass is 348 g/mol. The fourth-order valence-electron chi connectivity index (χ4n) is 4.57. The molecule has 0 radical (unpaired) electrons. The molecule has 2 fully saturated rings. The number of methoxy groups -OCH3 is 1. The van der Waals surface area contributed by atoms with E-state index in [2.05, 4.69) is 5.32 Å². The molecule has 3 N–H and O–H groups in total. The number of ether oxygens (including phenoxy) is 1. The van der Waals surface area contributed by atoms with Crippen LogP contribution in [0.3, 0.4) is 0 Å². The highest BCUT2D eigenvalue weighted by molar-refractivity contribution is 6.13. The van der Waals surface area contributed by atoms with Gasteiger partial charge in [-0.25, -0.2) is 4.39 Å². The van der Waals surface area contributed by atoms with Crippen LogP contribution < -0.4 is 10.6 Å². The largest absolute Gasteiger partial charge is 0.383 e. The molecular weight excluding hydrogens is 329 g/mol. The van der Waals surface area contributed by atoms with Crippen molar-refractivity contribution in [2.75, 3.05) is 25.6 Å². The second kappa shape index (κ2) is 5.34. The molecule has 3 aliphatic rings. The first-order valence-corrected chi connectivity index (χ1v) is 8.23. The van der Waals surface area contributed by atoms with Crippen LogP contribution >= 0.6 is 0 Å². The quantitative estimate of drug-likeness (QED) is 0.699. The number of carbonyl (C=O) groups excluding carboxylic acids is 3. The third-order valence-corrected chi connectivity index (χ3v) is 5.60. The van der Waals surface area contributed by atoms with Gasteiger partial charge in [0.05, 0.1) is 24.9 Å². The first kappa shape index (κ1) is 16.2. The van der Waals surface area contributed by atoms with Crippen molar-refractivity contribution in [2.45, 2.75) is 18.5 Å². The number of nitrogens with zero attached hydrogens (tertiary/aromatic N) is 1. The van der Waals surface area contributed by atoms with E-state index in [1.807, 2.05) is 6.92 Å². The number of likely N-dealkylation sites (tertiary alicyclic amines) is 1. The molecule has 0 bridgehead atoms. The molecule has 0 unspecified atom stereocenters. The van der Waals surface area contributed by atoms with Gasteiger partial charge in [-0.05, 0) is 25.1 Å². The van der Waals surface area contributed by atoms with Crippen molar-refractivity contribution >= 4 is 23.4 Å². The molecule has 1 aromatic rings. The Morgan fingerprint density at radius 2 is 2.08 bits per heavy atom. The van der Waals surface area contributed by atoms with Crippen molar-refractivity contribution in [2.24, 2.45) is 11.8 Å². The maximum atomic E-state index is 13.9. The van der Waals surface area contributed by atoms with Crippen LogP contribution in [0.2, 0.25) is 0 Å². The van der Waals surface area contributed by atoms with Gasteiger partial charge in [-0.3, -0.25) is 19.3 Å². The molecule has 1 aromatic carbocycles. The summed E-state index contributed by atoms with van der Waals surface area (Å²) in [4.78, 5) is 39.8. The number of nitrogens with one attached hydrogen (secondary N) is 1. The van der Waals surface area contributed by atoms with Crippen molar-refractivity contribution in [1.82, 2.24) is 4.90 Å². The van der Waals surface area contributed by atoms with Gasteiger partial charge in [0, 0.05) is 12.7 Å². The normalized spacial score (nSPS) is 33.2. The van der Waals surface area contributed by atoms with Gasteiger partial charge in [0.2, 0.25) is 17.4 Å². The zero-order valence-electron chi connectivity index (χ0n) is 13.9. The molecule has 0 aliphatic carbocycles. The molecule has 25 heavy (non-hydrogen) atoms. The maximum absolute atomic E-state index is 13.9. The summed E-state index contributed by atoms with van der Waals surface area (Å²) >= 11 is 0. The molecule has 8 heteroatoms. The van der Waals surface area contributed by atoms with Gasteiger partial charge in [0.15, 0.2) is 0 Å². The highest BCUT2D eigenvalue weighted by Crippen LogP contribution is 2.48. The summed E-state index contributed by atoms with van der Waals surface area (Å²) in [7, 11) is 1.49. The van der Waals surface area contributed by atoms with E-state index in [1.165, 1.54) is 30.2 Å². The third kappa shape index (κ3) is 1.95. The molecule has 4 rings (SSSR count). The van der Waals surface area contributed by atoms with Crippen molar-refractivity contribution < 1.29 is 28.8 Å². The number of imide groups is 1. The fraction of sp³-hybridized carbons (Fsp3) is 0.471. The Balaban J connectivity index is 1.83. The lowest BCUT2D eigenvalue weighted by molar-refractivity contribution is -0.730. The number of anilines is 1. The van der Waals surface area contributed by atoms with Crippen LogP contribution in [-0.4, -0.2) is 48.9 Å². The van der Waals surface area contributed by atoms with Crippen LogP contribution in [0.25, 0.3) is 0 Å². The zero-order chi connectivity index (χ0) is 17.9. The average Bonchev–Trinajstić information content (AvgIpc) is 3.12. The molecule has 7 nitrogen and oxygen atoms in total. The number of carbonyl (C=O) groups is 3. The summed E-state index contributed by atoms with van der Waals surface area (Å²) in [5.74, 6) is -2.97. The number of fused-ring (bicyclic) bond motifs is 4. The molecule has 0 saturated carbocycles. The Morgan fingerprint density at radius 1 is 1.32 bits per heavy atom. The summed E-state index contributed by atoms with van der Waals surface area (Å²) in [5.41, 5.74) is -0.367. The molecule has 132 valence electrons. The molecule has 4 atom stereocenters. The van der Waals surface area contributed by atoms with Gasteiger partial charge in [-0.1, -0.05) is 0 Å². The topological polar surface area (TPSA) is 92.3 Å². The minimum absolute atomic E-state index is 0.154. The van der Waals surface area contributed by atoms with E-state index in [4.69, 9.17) is 4.74 Å². The van der Waals surface area contributed by atoms with E-state index in [9.17, 15) is 18.8 Å². The van der Waals surface area contributed by atoms with Gasteiger partial charge in [0.25, 0.3) is 5.91 Å². The number of rotatable bonds is 3. The highest BCUT2D eigenvalue weighted by Gasteiger charge is 2.73. The molecular formula is C17H19FN3O4+. The van der Waals surface area contributed by atoms with Crippen LogP contribution in [-0.2, 0) is 24.7 Å². The minimum Gasteiger partial charge on any atom is -0.383 e. The number of halogens is 1. The number of nitrogens with two attached hydrogens (primary N) is 1. The van der Waals surface area contributed by atoms with E-state index in [0.29, 0.717) is 11.3 Å². The van der Waals surface area contributed by atoms with E-state index >= 15 is 0 Å². The van der Waals surface area contributed by atoms with Gasteiger partial charge < -0.3 is 15.4 Å². The van der Waals surface area contributed by atoms with Crippen molar-refractivity contribution in [3.05, 3.63) is 29.6 Å². The Labute approximate surface area is 143 Å². The van der Waals surface area contributed by atoms with Gasteiger partial charge in [-0.15, -0.1) is 0 Å². The summed E-state index contributed by atoms with van der Waals surface area (Å²) in [6.45, 7) is 2.21. The third-order valence-electron chi connectivity index (χ3n) is 5.60. The second-order valence-corrected chi connectivity index (χ2v) is 6.86. The first-order valence-electron chi connectivity index (χ1n) is 8.23. The van der Waals surface area contributed by atoms with Gasteiger partial charge >= 0.3 is 0 Å². The molecule has 0 aromatic heterocycles. The van der Waals surface area contributed by atoms with E-state index in [-0.39, 0.29) is 36.9 Å². The molecule has 3 heterocycles. The van der Waals surface area contributed by atoms with Crippen LogP contribution in [0.5, 0.6) is 0 Å². The lowest BCUT2D eigenvalue weighted by Gasteiger charge is -2.25. The number of hydrogen-bond acceptors (Lipinski definition) is 4. The SMILES string of the molecule is COCCN1C(=O)[C@@H]2[C@H](C)[NH2+][C@@]3(C(=O)Nc4ccc(F)cc43)[C@@H]2C1=O. The Kier molecular flexibility index (Phi) is 3.45. The molecule has 2 saturated heterocycles. The lowest BCUT2D eigenvalue weighted by atomic mass is 9.76. The fourth-order valence-corrected chi connectivity index (χ4v) is 4.57. The van der Waals surface area contributed by atoms with Crippen LogP contribution in [0.15, 0.2) is 18.2 Å². The van der Waals surface area contributed by atoms with Crippen LogP contribution in [0.1, 0.15) is 12.5 Å². The maximum Gasteiger partial charge on any atom is 0.291 e. The summed E-state index contributed by atoms with van der Waals surface area (Å²) < 4.78 is 18.8. The summed E-state index contributed by atoms with van der Waals surface area (Å²) in [5, 5.41) is 4.48. The zero-order valence-corrected chi connectivity index (χ0v) is 13.9. The molecule has 3 aliphatic heterocycles. The minimum atomic E-state index is -1.30. The first-order chi connectivity index (χ1) is 11.9. The smallest absolute Gasteiger partial charge is 0.291 e. The van der Waals surface area contributed by atoms with Crippen molar-refractivity contribution in [1.29, 1.82) is 0 Å². The lowest BCUT2D eigenvalue weighted by Crippen LogP contribution is -2.98. The Hall–Kier alpha value is -2.32. The van der Waals surface area contributed by atoms with Gasteiger partial charge in [-0.2, -0.15) is 0 Å². The number of quaternary nitrogens is 1. The Morgan fingerprint density at radius 3 is 2.80 bits per heavy atom. The Bertz CT molecular complexity index is 798. The number of amides is 3. The van der Waals surface area contributed by atoms with Crippen molar-refractivity contribution in [3.63, 3.8) is 0 Å². The number of benzene rings is 1.